The first-order valence-corrected chi connectivity index (χ1v) is 11.4. The van der Waals surface area contributed by atoms with Gasteiger partial charge in [-0.2, -0.15) is 0 Å². The molecule has 0 radical (unpaired) electrons. The van der Waals surface area contributed by atoms with Crippen LogP contribution in [-0.4, -0.2) is 38.3 Å². The molecule has 0 N–H and O–H groups in total. The van der Waals surface area contributed by atoms with Gasteiger partial charge in [0.25, 0.3) is 5.91 Å². The van der Waals surface area contributed by atoms with E-state index < -0.39 is 0 Å². The number of fused-ring (bicyclic) bond motifs is 1. The summed E-state index contributed by atoms with van der Waals surface area (Å²) < 4.78 is 7.84. The number of imidazole rings is 1. The van der Waals surface area contributed by atoms with Gasteiger partial charge in [0, 0.05) is 30.7 Å². The number of aromatic nitrogens is 3. The molecule has 0 aliphatic carbocycles. The number of amides is 1. The lowest BCUT2D eigenvalue weighted by atomic mass is 9.97. The van der Waals surface area contributed by atoms with E-state index in [-0.39, 0.29) is 11.8 Å². The lowest BCUT2D eigenvalue weighted by Crippen LogP contribution is -2.40. The molecule has 164 valence electrons. The van der Waals surface area contributed by atoms with E-state index >= 15 is 0 Å². The zero-order chi connectivity index (χ0) is 22.2. The molecule has 3 aromatic heterocycles. The van der Waals surface area contributed by atoms with Crippen molar-refractivity contribution in [2.75, 3.05) is 13.1 Å². The van der Waals surface area contributed by atoms with Gasteiger partial charge in [-0.3, -0.25) is 9.20 Å². The van der Waals surface area contributed by atoms with E-state index in [1.807, 2.05) is 42.2 Å². The van der Waals surface area contributed by atoms with Crippen LogP contribution >= 0.6 is 23.2 Å². The number of nitrogens with zero attached hydrogens (tertiary/aromatic N) is 4. The lowest BCUT2D eigenvalue weighted by Gasteiger charge is -2.31. The molecule has 4 heterocycles. The number of benzene rings is 1. The van der Waals surface area contributed by atoms with Crippen molar-refractivity contribution in [1.29, 1.82) is 0 Å². The fraction of sp³-hybridized carbons (Fsp3) is 0.292. The minimum Gasteiger partial charge on any atom is -0.445 e. The van der Waals surface area contributed by atoms with Gasteiger partial charge in [0.2, 0.25) is 0 Å². The van der Waals surface area contributed by atoms with E-state index in [0.29, 0.717) is 52.5 Å². The van der Waals surface area contributed by atoms with E-state index in [1.165, 1.54) is 0 Å². The quantitative estimate of drug-likeness (QED) is 0.393. The molecule has 0 spiro atoms. The maximum absolute atomic E-state index is 13.4. The third-order valence-electron chi connectivity index (χ3n) is 5.91. The van der Waals surface area contributed by atoms with Crippen LogP contribution in [0.25, 0.3) is 5.65 Å². The van der Waals surface area contributed by atoms with Crippen molar-refractivity contribution in [3.63, 3.8) is 0 Å². The maximum atomic E-state index is 13.4. The van der Waals surface area contributed by atoms with Crippen molar-refractivity contribution in [2.24, 2.45) is 0 Å². The summed E-state index contributed by atoms with van der Waals surface area (Å²) in [5.74, 6) is 1.44. The number of piperidine rings is 1. The van der Waals surface area contributed by atoms with Crippen LogP contribution in [0.2, 0.25) is 10.0 Å². The first-order chi connectivity index (χ1) is 15.5. The Balaban J connectivity index is 1.35. The first-order valence-electron chi connectivity index (χ1n) is 10.6. The van der Waals surface area contributed by atoms with Crippen LogP contribution in [0.5, 0.6) is 0 Å². The molecule has 1 aromatic carbocycles. The number of pyridine rings is 1. The van der Waals surface area contributed by atoms with Crippen molar-refractivity contribution in [3.05, 3.63) is 87.4 Å². The second kappa shape index (κ2) is 8.60. The number of likely N-dealkylation sites (tertiary alicyclic amines) is 1. The summed E-state index contributed by atoms with van der Waals surface area (Å²) in [5, 5.41) is 1.27. The van der Waals surface area contributed by atoms with Crippen molar-refractivity contribution >= 4 is 34.8 Å². The minimum absolute atomic E-state index is 0.0511. The standard InChI is InChI=1S/C24H22Cl2N4O2/c1-15-22(30-14-18(25)8-9-21(30)28-15)24(31)29-10-4-6-17(13-29)23-27-12-19(32-23)11-16-5-2-3-7-20(16)26/h2-3,5,7-9,12,14,17H,4,6,10-11,13H2,1H3/t17-/m0/s1. The molecule has 0 unspecified atom stereocenters. The van der Waals surface area contributed by atoms with Crippen molar-refractivity contribution in [1.82, 2.24) is 19.3 Å². The molecule has 0 bridgehead atoms. The minimum atomic E-state index is -0.0511. The number of rotatable bonds is 4. The third-order valence-corrected chi connectivity index (χ3v) is 6.50. The molecular weight excluding hydrogens is 447 g/mol. The number of hydrogen-bond acceptors (Lipinski definition) is 4. The first kappa shape index (κ1) is 21.0. The summed E-state index contributed by atoms with van der Waals surface area (Å²) in [6, 6.07) is 11.3. The van der Waals surface area contributed by atoms with E-state index in [2.05, 4.69) is 9.97 Å². The van der Waals surface area contributed by atoms with Gasteiger partial charge in [0.1, 0.15) is 17.1 Å². The summed E-state index contributed by atoms with van der Waals surface area (Å²) in [6.07, 6.45) is 5.89. The molecule has 1 aliphatic heterocycles. The van der Waals surface area contributed by atoms with Crippen LogP contribution in [0.1, 0.15) is 52.2 Å². The van der Waals surface area contributed by atoms with Crippen LogP contribution in [-0.2, 0) is 6.42 Å². The average Bonchev–Trinajstić information content (AvgIpc) is 3.38. The zero-order valence-corrected chi connectivity index (χ0v) is 19.1. The molecule has 4 aromatic rings. The number of carbonyl (C=O) groups is 1. The smallest absolute Gasteiger partial charge is 0.272 e. The topological polar surface area (TPSA) is 63.6 Å². The van der Waals surface area contributed by atoms with Gasteiger partial charge in [-0.05, 0) is 43.5 Å². The fourth-order valence-corrected chi connectivity index (χ4v) is 4.69. The van der Waals surface area contributed by atoms with Crippen LogP contribution in [0.15, 0.2) is 53.2 Å². The normalized spacial score (nSPS) is 16.6. The average molecular weight is 469 g/mol. The Morgan fingerprint density at radius 2 is 2.06 bits per heavy atom. The summed E-state index contributed by atoms with van der Waals surface area (Å²) in [4.78, 5) is 24.3. The highest BCUT2D eigenvalue weighted by atomic mass is 35.5. The van der Waals surface area contributed by atoms with Gasteiger partial charge in [-0.1, -0.05) is 41.4 Å². The van der Waals surface area contributed by atoms with E-state index in [0.717, 1.165) is 24.2 Å². The Hall–Kier alpha value is -2.83. The SMILES string of the molecule is Cc1nc2ccc(Cl)cn2c1C(=O)N1CCC[C@H](c2ncc(Cc3ccccc3Cl)o2)C1. The van der Waals surface area contributed by atoms with Gasteiger partial charge in [0.05, 0.1) is 22.8 Å². The molecule has 1 saturated heterocycles. The third kappa shape index (κ3) is 4.00. The van der Waals surface area contributed by atoms with Crippen LogP contribution < -0.4 is 0 Å². The highest BCUT2D eigenvalue weighted by Crippen LogP contribution is 2.29. The van der Waals surface area contributed by atoms with Crippen LogP contribution in [0.3, 0.4) is 0 Å². The highest BCUT2D eigenvalue weighted by molar-refractivity contribution is 6.31. The molecule has 1 fully saturated rings. The van der Waals surface area contributed by atoms with Gasteiger partial charge in [0.15, 0.2) is 5.89 Å². The van der Waals surface area contributed by atoms with Gasteiger partial charge >= 0.3 is 0 Å². The molecule has 1 aliphatic rings. The Morgan fingerprint density at radius 1 is 1.22 bits per heavy atom. The van der Waals surface area contributed by atoms with Crippen molar-refractivity contribution in [3.8, 4) is 0 Å². The van der Waals surface area contributed by atoms with Crippen LogP contribution in [0, 0.1) is 6.92 Å². The monoisotopic (exact) mass is 468 g/mol. The summed E-state index contributed by atoms with van der Waals surface area (Å²) in [6.45, 7) is 3.10. The predicted octanol–water partition coefficient (Wildman–Crippen LogP) is 5.55. The molecular formula is C24H22Cl2N4O2. The second-order valence-corrected chi connectivity index (χ2v) is 8.99. The summed E-state index contributed by atoms with van der Waals surface area (Å²) in [7, 11) is 0. The van der Waals surface area contributed by atoms with Crippen molar-refractivity contribution in [2.45, 2.75) is 32.1 Å². The Morgan fingerprint density at radius 3 is 2.91 bits per heavy atom. The molecule has 5 rings (SSSR count). The molecule has 1 atom stereocenters. The van der Waals surface area contributed by atoms with E-state index in [4.69, 9.17) is 27.6 Å². The van der Waals surface area contributed by atoms with Gasteiger partial charge < -0.3 is 9.32 Å². The molecule has 8 heteroatoms. The summed E-state index contributed by atoms with van der Waals surface area (Å²) >= 11 is 12.4. The molecule has 6 nitrogen and oxygen atoms in total. The number of oxazole rings is 1. The van der Waals surface area contributed by atoms with E-state index in [9.17, 15) is 4.79 Å². The number of halogens is 2. The second-order valence-electron chi connectivity index (χ2n) is 8.14. The highest BCUT2D eigenvalue weighted by Gasteiger charge is 2.30. The van der Waals surface area contributed by atoms with Gasteiger partial charge in [-0.25, -0.2) is 9.97 Å². The number of carbonyl (C=O) groups excluding carboxylic acids is 1. The Labute approximate surface area is 195 Å². The van der Waals surface area contributed by atoms with Crippen molar-refractivity contribution < 1.29 is 9.21 Å². The number of aryl methyl sites for hydroxylation is 1. The van der Waals surface area contributed by atoms with E-state index in [1.54, 1.807) is 22.9 Å². The largest absolute Gasteiger partial charge is 0.445 e. The molecule has 1 amide bonds. The molecule has 32 heavy (non-hydrogen) atoms. The Kier molecular flexibility index (Phi) is 5.66. The zero-order valence-electron chi connectivity index (χ0n) is 17.6. The Bertz CT molecular complexity index is 1300. The van der Waals surface area contributed by atoms with Crippen LogP contribution in [0.4, 0.5) is 0 Å². The summed E-state index contributed by atoms with van der Waals surface area (Å²) in [5.41, 5.74) is 2.95. The molecule has 0 saturated carbocycles. The number of hydrogen-bond donors (Lipinski definition) is 0. The lowest BCUT2D eigenvalue weighted by molar-refractivity contribution is 0.0690. The predicted molar refractivity (Wildman–Crippen MR) is 124 cm³/mol. The maximum Gasteiger partial charge on any atom is 0.272 e. The van der Waals surface area contributed by atoms with Gasteiger partial charge in [-0.15, -0.1) is 0 Å². The fourth-order valence-electron chi connectivity index (χ4n) is 4.33.